The molecule has 0 aliphatic rings. The summed E-state index contributed by atoms with van der Waals surface area (Å²) in [4.78, 5) is 37.9. The fourth-order valence-electron chi connectivity index (χ4n) is 3.50. The van der Waals surface area contributed by atoms with Crippen molar-refractivity contribution in [2.45, 2.75) is 19.9 Å². The molecule has 5 heteroatoms. The summed E-state index contributed by atoms with van der Waals surface area (Å²) >= 11 is 0. The molecule has 1 heterocycles. The Bertz CT molecular complexity index is 1380. The molecule has 154 valence electrons. The minimum absolute atomic E-state index is 0.0743. The SMILES string of the molecule is CCC(=O)/C=C/c1ccc(Cn2c(=O)n(-c3ccccc3)c(=O)c3ccccc32)cc1. The standard InChI is InChI=1S/C26H22N2O3/c1-2-22(29)17-16-19-12-14-20(15-13-19)18-27-24-11-7-6-10-23(24)25(30)28(26(27)31)21-8-4-3-5-9-21/h3-17H,2,18H2,1H3/b17-16+. The van der Waals surface area contributed by atoms with Crippen molar-refractivity contribution in [3.05, 3.63) is 117 Å². The maximum absolute atomic E-state index is 13.4. The first-order valence-electron chi connectivity index (χ1n) is 10.2. The van der Waals surface area contributed by atoms with E-state index in [0.717, 1.165) is 11.1 Å². The van der Waals surface area contributed by atoms with Crippen LogP contribution >= 0.6 is 0 Å². The Kier molecular flexibility index (Phi) is 5.76. The summed E-state index contributed by atoms with van der Waals surface area (Å²) < 4.78 is 2.84. The number of hydrogen-bond acceptors (Lipinski definition) is 3. The lowest BCUT2D eigenvalue weighted by molar-refractivity contribution is -0.114. The van der Waals surface area contributed by atoms with Crippen LogP contribution in [-0.4, -0.2) is 14.9 Å². The molecule has 0 unspecified atom stereocenters. The van der Waals surface area contributed by atoms with Gasteiger partial charge < -0.3 is 0 Å². The van der Waals surface area contributed by atoms with E-state index in [1.54, 1.807) is 59.2 Å². The summed E-state index contributed by atoms with van der Waals surface area (Å²) in [5.74, 6) is 0.0743. The smallest absolute Gasteiger partial charge is 0.295 e. The van der Waals surface area contributed by atoms with E-state index in [2.05, 4.69) is 0 Å². The lowest BCUT2D eigenvalue weighted by atomic mass is 10.1. The van der Waals surface area contributed by atoms with Gasteiger partial charge in [0.2, 0.25) is 0 Å². The van der Waals surface area contributed by atoms with Crippen LogP contribution in [0.1, 0.15) is 24.5 Å². The highest BCUT2D eigenvalue weighted by atomic mass is 16.2. The van der Waals surface area contributed by atoms with Gasteiger partial charge >= 0.3 is 5.69 Å². The van der Waals surface area contributed by atoms with Crippen molar-refractivity contribution in [2.75, 3.05) is 0 Å². The molecule has 0 bridgehead atoms. The Hall–Kier alpha value is -3.99. The molecule has 4 aromatic rings. The van der Waals surface area contributed by atoms with E-state index in [9.17, 15) is 14.4 Å². The third-order valence-corrected chi connectivity index (χ3v) is 5.20. The number of fused-ring (bicyclic) bond motifs is 1. The molecule has 4 rings (SSSR count). The van der Waals surface area contributed by atoms with Crippen LogP contribution in [0.4, 0.5) is 0 Å². The first-order chi connectivity index (χ1) is 15.1. The van der Waals surface area contributed by atoms with Gasteiger partial charge in [-0.25, -0.2) is 9.36 Å². The predicted octanol–water partition coefficient (Wildman–Crippen LogP) is 4.19. The van der Waals surface area contributed by atoms with E-state index in [1.807, 2.05) is 43.3 Å². The highest BCUT2D eigenvalue weighted by Gasteiger charge is 2.14. The third kappa shape index (κ3) is 4.16. The van der Waals surface area contributed by atoms with Gasteiger partial charge in [0, 0.05) is 6.42 Å². The number of benzene rings is 3. The van der Waals surface area contributed by atoms with Crippen molar-refractivity contribution in [3.63, 3.8) is 0 Å². The molecular formula is C26H22N2O3. The summed E-state index contributed by atoms with van der Waals surface area (Å²) in [6.07, 6.45) is 3.83. The van der Waals surface area contributed by atoms with Crippen LogP contribution in [0, 0.1) is 0 Å². The van der Waals surface area contributed by atoms with E-state index >= 15 is 0 Å². The summed E-state index contributed by atoms with van der Waals surface area (Å²) in [5, 5.41) is 0.489. The number of aromatic nitrogens is 2. The number of allylic oxidation sites excluding steroid dienone is 1. The van der Waals surface area contributed by atoms with Crippen molar-refractivity contribution in [3.8, 4) is 5.69 Å². The maximum Gasteiger partial charge on any atom is 0.336 e. The normalized spacial score (nSPS) is 11.3. The van der Waals surface area contributed by atoms with Gasteiger partial charge in [-0.3, -0.25) is 14.2 Å². The van der Waals surface area contributed by atoms with Gasteiger partial charge in [0.25, 0.3) is 5.56 Å². The second-order valence-corrected chi connectivity index (χ2v) is 7.26. The van der Waals surface area contributed by atoms with E-state index in [-0.39, 0.29) is 17.0 Å². The second kappa shape index (κ2) is 8.79. The summed E-state index contributed by atoms with van der Waals surface area (Å²) in [6.45, 7) is 2.15. The van der Waals surface area contributed by atoms with E-state index < -0.39 is 0 Å². The monoisotopic (exact) mass is 410 g/mol. The summed E-state index contributed by atoms with van der Waals surface area (Å²) in [6, 6.07) is 23.8. The number of rotatable bonds is 6. The molecule has 0 saturated heterocycles. The molecule has 3 aromatic carbocycles. The number of carbonyl (C=O) groups is 1. The Morgan fingerprint density at radius 2 is 1.55 bits per heavy atom. The van der Waals surface area contributed by atoms with Crippen LogP contribution in [0.5, 0.6) is 0 Å². The van der Waals surface area contributed by atoms with E-state index in [4.69, 9.17) is 0 Å². The zero-order valence-corrected chi connectivity index (χ0v) is 17.2. The Morgan fingerprint density at radius 1 is 0.871 bits per heavy atom. The fourth-order valence-corrected chi connectivity index (χ4v) is 3.50. The molecule has 0 radical (unpaired) electrons. The summed E-state index contributed by atoms with van der Waals surface area (Å²) in [7, 11) is 0. The van der Waals surface area contributed by atoms with E-state index in [1.165, 1.54) is 4.57 Å². The van der Waals surface area contributed by atoms with Crippen LogP contribution in [0.15, 0.2) is 94.5 Å². The van der Waals surface area contributed by atoms with Crippen molar-refractivity contribution >= 4 is 22.8 Å². The Labute approximate surface area is 179 Å². The van der Waals surface area contributed by atoms with Gasteiger partial charge in [0.1, 0.15) is 0 Å². The molecule has 0 N–H and O–H groups in total. The number of carbonyl (C=O) groups excluding carboxylic acids is 1. The van der Waals surface area contributed by atoms with Gasteiger partial charge in [-0.1, -0.05) is 67.6 Å². The van der Waals surface area contributed by atoms with Crippen LogP contribution in [-0.2, 0) is 11.3 Å². The van der Waals surface area contributed by atoms with Crippen molar-refractivity contribution in [2.24, 2.45) is 0 Å². The van der Waals surface area contributed by atoms with Crippen LogP contribution in [0.2, 0.25) is 0 Å². The van der Waals surface area contributed by atoms with Gasteiger partial charge in [0.15, 0.2) is 5.78 Å². The lowest BCUT2D eigenvalue weighted by Gasteiger charge is -2.14. The van der Waals surface area contributed by atoms with Crippen molar-refractivity contribution in [1.29, 1.82) is 0 Å². The van der Waals surface area contributed by atoms with Gasteiger partial charge in [-0.2, -0.15) is 0 Å². The summed E-state index contributed by atoms with van der Waals surface area (Å²) in [5.41, 5.74) is 2.26. The number of hydrogen-bond donors (Lipinski definition) is 0. The molecule has 0 amide bonds. The zero-order chi connectivity index (χ0) is 21.8. The van der Waals surface area contributed by atoms with Gasteiger partial charge in [-0.15, -0.1) is 0 Å². The first kappa shape index (κ1) is 20.3. The highest BCUT2D eigenvalue weighted by Crippen LogP contribution is 2.13. The van der Waals surface area contributed by atoms with Crippen LogP contribution in [0.3, 0.4) is 0 Å². The second-order valence-electron chi connectivity index (χ2n) is 7.26. The van der Waals surface area contributed by atoms with Crippen LogP contribution in [0.25, 0.3) is 22.7 Å². The molecule has 31 heavy (non-hydrogen) atoms. The molecule has 0 aliphatic carbocycles. The van der Waals surface area contributed by atoms with Gasteiger partial charge in [-0.05, 0) is 41.5 Å². The largest absolute Gasteiger partial charge is 0.336 e. The topological polar surface area (TPSA) is 61.1 Å². The molecule has 0 spiro atoms. The van der Waals surface area contributed by atoms with Crippen molar-refractivity contribution in [1.82, 2.24) is 9.13 Å². The lowest BCUT2D eigenvalue weighted by Crippen LogP contribution is -2.39. The highest BCUT2D eigenvalue weighted by molar-refractivity contribution is 5.93. The Morgan fingerprint density at radius 3 is 2.26 bits per heavy atom. The predicted molar refractivity (Wildman–Crippen MR) is 124 cm³/mol. The quantitative estimate of drug-likeness (QED) is 0.448. The zero-order valence-electron chi connectivity index (χ0n) is 17.2. The number of ketones is 1. The number of nitrogens with zero attached hydrogens (tertiary/aromatic N) is 2. The van der Waals surface area contributed by atoms with Gasteiger partial charge in [0.05, 0.1) is 23.1 Å². The molecule has 0 aliphatic heterocycles. The maximum atomic E-state index is 13.4. The van der Waals surface area contributed by atoms with E-state index in [0.29, 0.717) is 29.6 Å². The first-order valence-corrected chi connectivity index (χ1v) is 10.2. The minimum Gasteiger partial charge on any atom is -0.295 e. The number of para-hydroxylation sites is 2. The molecule has 5 nitrogen and oxygen atoms in total. The minimum atomic E-state index is -0.382. The average molecular weight is 410 g/mol. The molecule has 0 saturated carbocycles. The molecular weight excluding hydrogens is 388 g/mol. The average Bonchev–Trinajstić information content (AvgIpc) is 2.82. The third-order valence-electron chi connectivity index (χ3n) is 5.20. The molecule has 1 aromatic heterocycles. The van der Waals surface area contributed by atoms with Crippen molar-refractivity contribution < 1.29 is 4.79 Å². The Balaban J connectivity index is 1.79. The fraction of sp³-hybridized carbons (Fsp3) is 0.115. The van der Waals surface area contributed by atoms with Crippen LogP contribution < -0.4 is 11.2 Å². The molecule has 0 fully saturated rings. The molecule has 0 atom stereocenters.